The number of para-hydroxylation sites is 1. The summed E-state index contributed by atoms with van der Waals surface area (Å²) in [5, 5.41) is 8.13. The van der Waals surface area contributed by atoms with Gasteiger partial charge in [0.2, 0.25) is 0 Å². The molecule has 140 valence electrons. The number of likely N-dealkylation sites (tertiary alicyclic amines) is 1. The van der Waals surface area contributed by atoms with Crippen molar-refractivity contribution >= 4 is 18.3 Å². The average Bonchev–Trinajstić information content (AvgIpc) is 3.13. The lowest BCUT2D eigenvalue weighted by Crippen LogP contribution is -2.33. The number of benzene rings is 1. The van der Waals surface area contributed by atoms with Crippen LogP contribution >= 0.6 is 12.4 Å². The first-order valence-electron chi connectivity index (χ1n) is 9.27. The average molecular weight is 375 g/mol. The van der Waals surface area contributed by atoms with Crippen molar-refractivity contribution in [3.8, 4) is 5.69 Å². The summed E-state index contributed by atoms with van der Waals surface area (Å²) in [5.74, 6) is 1.60. The summed E-state index contributed by atoms with van der Waals surface area (Å²) < 4.78 is 1.89. The Balaban J connectivity index is 0.00000196. The molecule has 2 aliphatic rings. The number of nitrogens with zero attached hydrogens (tertiary/aromatic N) is 3. The van der Waals surface area contributed by atoms with Gasteiger partial charge in [-0.05, 0) is 63.7 Å². The van der Waals surface area contributed by atoms with Crippen LogP contribution in [0.2, 0.25) is 0 Å². The van der Waals surface area contributed by atoms with Gasteiger partial charge < -0.3 is 10.2 Å². The molecule has 0 bridgehead atoms. The van der Waals surface area contributed by atoms with Crippen molar-refractivity contribution in [1.29, 1.82) is 0 Å². The number of halogens is 1. The maximum atomic E-state index is 13.2. The first-order valence-corrected chi connectivity index (χ1v) is 9.27. The summed E-state index contributed by atoms with van der Waals surface area (Å²) in [6.45, 7) is 7.87. The molecule has 2 fully saturated rings. The number of amides is 1. The van der Waals surface area contributed by atoms with Gasteiger partial charge in [0, 0.05) is 13.1 Å². The van der Waals surface area contributed by atoms with Crippen molar-refractivity contribution in [3.05, 3.63) is 47.3 Å². The predicted molar refractivity (Wildman–Crippen MR) is 105 cm³/mol. The number of carbonyl (C=O) groups is 1. The van der Waals surface area contributed by atoms with E-state index in [0.717, 1.165) is 73.5 Å². The first kappa shape index (κ1) is 18.9. The minimum atomic E-state index is 0. The highest BCUT2D eigenvalue weighted by Crippen LogP contribution is 2.28. The SMILES string of the molecule is Cc1nn(-c2ccccc2)c(C)c1C(=O)N1CC[C@@H]2CNC[C@@H]2CC1.Cl. The molecule has 1 aromatic carbocycles. The van der Waals surface area contributed by atoms with Gasteiger partial charge in [-0.2, -0.15) is 5.10 Å². The summed E-state index contributed by atoms with van der Waals surface area (Å²) >= 11 is 0. The predicted octanol–water partition coefficient (Wildman–Crippen LogP) is 2.98. The third-order valence-electron chi connectivity index (χ3n) is 5.81. The maximum Gasteiger partial charge on any atom is 0.257 e. The van der Waals surface area contributed by atoms with Gasteiger partial charge in [0.05, 0.1) is 22.6 Å². The molecule has 0 spiro atoms. The highest BCUT2D eigenvalue weighted by Gasteiger charge is 2.33. The molecule has 2 aromatic rings. The van der Waals surface area contributed by atoms with Gasteiger partial charge in [0.25, 0.3) is 5.91 Å². The summed E-state index contributed by atoms with van der Waals surface area (Å²) in [5.41, 5.74) is 3.52. The second kappa shape index (κ2) is 7.80. The molecule has 0 unspecified atom stereocenters. The first-order chi connectivity index (χ1) is 12.1. The third-order valence-corrected chi connectivity index (χ3v) is 5.81. The lowest BCUT2D eigenvalue weighted by molar-refractivity contribution is 0.0757. The van der Waals surface area contributed by atoms with Crippen molar-refractivity contribution < 1.29 is 4.79 Å². The van der Waals surface area contributed by atoms with Crippen LogP contribution < -0.4 is 5.32 Å². The molecule has 5 nitrogen and oxygen atoms in total. The molecule has 0 radical (unpaired) electrons. The smallest absolute Gasteiger partial charge is 0.257 e. The van der Waals surface area contributed by atoms with E-state index in [1.54, 1.807) is 0 Å². The number of aryl methyl sites for hydroxylation is 1. The van der Waals surface area contributed by atoms with Crippen molar-refractivity contribution in [2.45, 2.75) is 26.7 Å². The zero-order chi connectivity index (χ0) is 17.4. The molecule has 1 amide bonds. The van der Waals surface area contributed by atoms with Crippen LogP contribution in [0, 0.1) is 25.7 Å². The summed E-state index contributed by atoms with van der Waals surface area (Å²) in [6.07, 6.45) is 2.21. The Morgan fingerprint density at radius 3 is 2.31 bits per heavy atom. The number of fused-ring (bicyclic) bond motifs is 1. The van der Waals surface area contributed by atoms with E-state index in [4.69, 9.17) is 0 Å². The zero-order valence-corrected chi connectivity index (χ0v) is 16.3. The Kier molecular flexibility index (Phi) is 5.68. The molecule has 2 saturated heterocycles. The Bertz CT molecular complexity index is 760. The molecule has 0 aliphatic carbocycles. The summed E-state index contributed by atoms with van der Waals surface area (Å²) in [6, 6.07) is 10.0. The number of aromatic nitrogens is 2. The van der Waals surface area contributed by atoms with Crippen LogP contribution in [0.15, 0.2) is 30.3 Å². The normalized spacial score (nSPS) is 22.5. The van der Waals surface area contributed by atoms with E-state index in [0.29, 0.717) is 0 Å². The largest absolute Gasteiger partial charge is 0.339 e. The number of rotatable bonds is 2. The van der Waals surface area contributed by atoms with Crippen LogP contribution in [0.4, 0.5) is 0 Å². The fraction of sp³-hybridized carbons (Fsp3) is 0.500. The molecule has 2 atom stereocenters. The van der Waals surface area contributed by atoms with Gasteiger partial charge >= 0.3 is 0 Å². The summed E-state index contributed by atoms with van der Waals surface area (Å²) in [7, 11) is 0. The van der Waals surface area contributed by atoms with Crippen molar-refractivity contribution in [2.75, 3.05) is 26.2 Å². The van der Waals surface area contributed by atoms with Crippen molar-refractivity contribution in [1.82, 2.24) is 20.0 Å². The molecule has 1 aromatic heterocycles. The lowest BCUT2D eigenvalue weighted by atomic mass is 9.92. The topological polar surface area (TPSA) is 50.2 Å². The Labute approximate surface area is 161 Å². The second-order valence-corrected chi connectivity index (χ2v) is 7.34. The van der Waals surface area contributed by atoms with Gasteiger partial charge in [-0.1, -0.05) is 18.2 Å². The maximum absolute atomic E-state index is 13.2. The van der Waals surface area contributed by atoms with Crippen LogP contribution in [0.5, 0.6) is 0 Å². The molecule has 6 heteroatoms. The van der Waals surface area contributed by atoms with Crippen LogP contribution in [0.25, 0.3) is 5.69 Å². The van der Waals surface area contributed by atoms with E-state index in [1.807, 2.05) is 53.8 Å². The van der Waals surface area contributed by atoms with Gasteiger partial charge in [0.15, 0.2) is 0 Å². The van der Waals surface area contributed by atoms with E-state index < -0.39 is 0 Å². The minimum absolute atomic E-state index is 0. The Morgan fingerprint density at radius 2 is 1.69 bits per heavy atom. The number of carbonyl (C=O) groups excluding carboxylic acids is 1. The van der Waals surface area contributed by atoms with Crippen molar-refractivity contribution in [3.63, 3.8) is 0 Å². The molecule has 4 rings (SSSR count). The highest BCUT2D eigenvalue weighted by atomic mass is 35.5. The standard InChI is InChI=1S/C20H26N4O.ClH/c1-14-19(15(2)24(22-14)18-6-4-3-5-7-18)20(25)23-10-8-16-12-21-13-17(16)9-11-23;/h3-7,16-17,21H,8-13H2,1-2H3;1H/t16-,17+;. The Morgan fingerprint density at radius 1 is 1.08 bits per heavy atom. The fourth-order valence-electron chi connectivity index (χ4n) is 4.35. The summed E-state index contributed by atoms with van der Waals surface area (Å²) in [4.78, 5) is 15.3. The Hall–Kier alpha value is -1.85. The minimum Gasteiger partial charge on any atom is -0.339 e. The van der Waals surface area contributed by atoms with Crippen LogP contribution in [0.3, 0.4) is 0 Å². The van der Waals surface area contributed by atoms with Crippen molar-refractivity contribution in [2.24, 2.45) is 11.8 Å². The highest BCUT2D eigenvalue weighted by molar-refractivity contribution is 5.96. The zero-order valence-electron chi connectivity index (χ0n) is 15.4. The van der Waals surface area contributed by atoms with Gasteiger partial charge in [-0.3, -0.25) is 4.79 Å². The van der Waals surface area contributed by atoms with Crippen LogP contribution in [-0.2, 0) is 0 Å². The molecule has 26 heavy (non-hydrogen) atoms. The number of hydrogen-bond donors (Lipinski definition) is 1. The third kappa shape index (κ3) is 3.38. The number of nitrogens with one attached hydrogen (secondary N) is 1. The van der Waals surface area contributed by atoms with E-state index in [1.165, 1.54) is 0 Å². The molecule has 2 aliphatic heterocycles. The second-order valence-electron chi connectivity index (χ2n) is 7.34. The molecule has 1 N–H and O–H groups in total. The molecule has 0 saturated carbocycles. The van der Waals surface area contributed by atoms with E-state index >= 15 is 0 Å². The molecule has 3 heterocycles. The van der Waals surface area contributed by atoms with E-state index in [9.17, 15) is 4.79 Å². The molecular formula is C20H27ClN4O. The van der Waals surface area contributed by atoms with Gasteiger partial charge in [0.1, 0.15) is 0 Å². The van der Waals surface area contributed by atoms with E-state index in [-0.39, 0.29) is 18.3 Å². The number of hydrogen-bond acceptors (Lipinski definition) is 3. The monoisotopic (exact) mass is 374 g/mol. The van der Waals surface area contributed by atoms with Gasteiger partial charge in [-0.15, -0.1) is 12.4 Å². The quantitative estimate of drug-likeness (QED) is 0.879. The van der Waals surface area contributed by atoms with E-state index in [2.05, 4.69) is 10.4 Å². The fourth-order valence-corrected chi connectivity index (χ4v) is 4.35. The lowest BCUT2D eigenvalue weighted by Gasteiger charge is -2.21. The van der Waals surface area contributed by atoms with Gasteiger partial charge in [-0.25, -0.2) is 4.68 Å². The van der Waals surface area contributed by atoms with Crippen LogP contribution in [-0.4, -0.2) is 46.8 Å². The van der Waals surface area contributed by atoms with Crippen LogP contribution in [0.1, 0.15) is 34.6 Å². The molecular weight excluding hydrogens is 348 g/mol.